The van der Waals surface area contributed by atoms with E-state index in [1.165, 1.54) is 6.07 Å². The molecule has 0 fully saturated rings. The molecule has 1 aromatic heterocycles. The average Bonchev–Trinajstić information content (AvgIpc) is 2.06. The van der Waals surface area contributed by atoms with E-state index < -0.39 is 5.63 Å². The van der Waals surface area contributed by atoms with Crippen molar-refractivity contribution >= 4 is 11.0 Å². The molecule has 0 radical (unpaired) electrons. The Balaban J connectivity index is 2.95. The Morgan fingerprint density at radius 2 is 2.08 bits per heavy atom. The molecule has 0 bridgehead atoms. The molecule has 0 amide bonds. The molecular formula is C10H8O3. The van der Waals surface area contributed by atoms with E-state index in [2.05, 4.69) is 0 Å². The molecule has 0 aliphatic heterocycles. The highest BCUT2D eigenvalue weighted by Gasteiger charge is 2.03. The predicted octanol–water partition coefficient (Wildman–Crippen LogP) is 1.81. The summed E-state index contributed by atoms with van der Waals surface area (Å²) in [5.41, 5.74) is 0.726. The third kappa shape index (κ3) is 1.28. The van der Waals surface area contributed by atoms with Gasteiger partial charge in [0.05, 0.1) is 0 Å². The van der Waals surface area contributed by atoms with Gasteiger partial charge in [0.25, 0.3) is 0 Å². The van der Waals surface area contributed by atoms with Gasteiger partial charge in [-0.05, 0) is 30.7 Å². The molecule has 2 aromatic rings. The molecular weight excluding hydrogens is 168 g/mol. The molecule has 0 atom stereocenters. The molecule has 3 nitrogen and oxygen atoms in total. The fourth-order valence-electron chi connectivity index (χ4n) is 1.31. The average molecular weight is 176 g/mol. The van der Waals surface area contributed by atoms with Crippen molar-refractivity contribution < 1.29 is 9.52 Å². The Labute approximate surface area is 74.2 Å². The molecule has 2 rings (SSSR count). The molecule has 0 spiro atoms. The molecule has 0 aliphatic carbocycles. The summed E-state index contributed by atoms with van der Waals surface area (Å²) in [5, 5.41) is 10.2. The fraction of sp³-hybridized carbons (Fsp3) is 0.100. The summed E-state index contributed by atoms with van der Waals surface area (Å²) in [5.74, 6) is 0.00713. The van der Waals surface area contributed by atoms with Crippen LogP contribution in [0.2, 0.25) is 0 Å². The van der Waals surface area contributed by atoms with Gasteiger partial charge in [-0.3, -0.25) is 0 Å². The van der Waals surface area contributed by atoms with Crippen LogP contribution in [0.3, 0.4) is 0 Å². The minimum absolute atomic E-state index is 0.00713. The number of aromatic hydroxyl groups is 1. The van der Waals surface area contributed by atoms with E-state index in [4.69, 9.17) is 4.42 Å². The van der Waals surface area contributed by atoms with E-state index >= 15 is 0 Å². The van der Waals surface area contributed by atoms with Crippen LogP contribution in [-0.2, 0) is 0 Å². The normalized spacial score (nSPS) is 10.5. The zero-order valence-electron chi connectivity index (χ0n) is 7.07. The van der Waals surface area contributed by atoms with Gasteiger partial charge in [0.2, 0.25) is 0 Å². The van der Waals surface area contributed by atoms with Crippen LogP contribution < -0.4 is 5.63 Å². The summed E-state index contributed by atoms with van der Waals surface area (Å²) in [6.07, 6.45) is 0. The van der Waals surface area contributed by atoms with Crippen molar-refractivity contribution in [3.8, 4) is 5.75 Å². The fourth-order valence-corrected chi connectivity index (χ4v) is 1.31. The number of phenolic OH excluding ortho intramolecular Hbond substituents is 1. The Bertz CT molecular complexity index is 511. The summed E-state index contributed by atoms with van der Waals surface area (Å²) in [6, 6.07) is 6.37. The SMILES string of the molecule is Cc1cc(O)c2oc(=O)ccc2c1. The van der Waals surface area contributed by atoms with Gasteiger partial charge in [0.1, 0.15) is 0 Å². The Morgan fingerprint density at radius 3 is 2.85 bits per heavy atom. The molecule has 66 valence electrons. The van der Waals surface area contributed by atoms with Gasteiger partial charge in [-0.25, -0.2) is 4.79 Å². The van der Waals surface area contributed by atoms with Gasteiger partial charge in [-0.15, -0.1) is 0 Å². The first kappa shape index (κ1) is 7.86. The zero-order chi connectivity index (χ0) is 9.42. The number of fused-ring (bicyclic) bond motifs is 1. The molecule has 0 unspecified atom stereocenters. The van der Waals surface area contributed by atoms with Crippen LogP contribution in [0.5, 0.6) is 5.75 Å². The standard InChI is InChI=1S/C10H8O3/c1-6-4-7-2-3-9(12)13-10(7)8(11)5-6/h2-5,11H,1H3. The second-order valence-corrected chi connectivity index (χ2v) is 2.96. The van der Waals surface area contributed by atoms with E-state index in [1.807, 2.05) is 13.0 Å². The van der Waals surface area contributed by atoms with Crippen LogP contribution >= 0.6 is 0 Å². The third-order valence-electron chi connectivity index (χ3n) is 1.84. The van der Waals surface area contributed by atoms with Crippen molar-refractivity contribution in [3.05, 3.63) is 40.2 Å². The molecule has 13 heavy (non-hydrogen) atoms. The summed E-state index contributed by atoms with van der Waals surface area (Å²) in [4.78, 5) is 10.8. The molecule has 0 saturated heterocycles. The highest BCUT2D eigenvalue weighted by Crippen LogP contribution is 2.24. The number of hydrogen-bond donors (Lipinski definition) is 1. The van der Waals surface area contributed by atoms with Crippen LogP contribution in [0.25, 0.3) is 11.0 Å². The lowest BCUT2D eigenvalue weighted by molar-refractivity contribution is 0.457. The highest BCUT2D eigenvalue weighted by atomic mass is 16.4. The van der Waals surface area contributed by atoms with Gasteiger partial charge in [0, 0.05) is 11.5 Å². The maximum atomic E-state index is 10.8. The summed E-state index contributed by atoms with van der Waals surface area (Å²) >= 11 is 0. The van der Waals surface area contributed by atoms with Crippen molar-refractivity contribution in [1.82, 2.24) is 0 Å². The van der Waals surface area contributed by atoms with Crippen LogP contribution in [0.15, 0.2) is 33.5 Å². The van der Waals surface area contributed by atoms with E-state index in [1.54, 1.807) is 12.1 Å². The Hall–Kier alpha value is -1.77. The van der Waals surface area contributed by atoms with Crippen molar-refractivity contribution in [1.29, 1.82) is 0 Å². The molecule has 1 N–H and O–H groups in total. The molecule has 0 saturated carbocycles. The van der Waals surface area contributed by atoms with Gasteiger partial charge in [-0.1, -0.05) is 0 Å². The van der Waals surface area contributed by atoms with Gasteiger partial charge >= 0.3 is 5.63 Å². The van der Waals surface area contributed by atoms with E-state index in [9.17, 15) is 9.90 Å². The number of aryl methyl sites for hydroxylation is 1. The van der Waals surface area contributed by atoms with E-state index in [-0.39, 0.29) is 11.3 Å². The smallest absolute Gasteiger partial charge is 0.336 e. The number of hydrogen-bond acceptors (Lipinski definition) is 3. The second kappa shape index (κ2) is 2.62. The van der Waals surface area contributed by atoms with Crippen molar-refractivity contribution in [2.45, 2.75) is 6.92 Å². The molecule has 3 heteroatoms. The quantitative estimate of drug-likeness (QED) is 0.623. The predicted molar refractivity (Wildman–Crippen MR) is 48.9 cm³/mol. The first-order valence-corrected chi connectivity index (χ1v) is 3.90. The van der Waals surface area contributed by atoms with Crippen LogP contribution in [0, 0.1) is 6.92 Å². The first-order chi connectivity index (χ1) is 6.16. The largest absolute Gasteiger partial charge is 0.504 e. The molecule has 1 heterocycles. The first-order valence-electron chi connectivity index (χ1n) is 3.90. The lowest BCUT2D eigenvalue weighted by Crippen LogP contribution is -1.94. The summed E-state index contributed by atoms with van der Waals surface area (Å²) in [7, 11) is 0. The third-order valence-corrected chi connectivity index (χ3v) is 1.84. The summed E-state index contributed by atoms with van der Waals surface area (Å²) in [6.45, 7) is 1.87. The van der Waals surface area contributed by atoms with Crippen LogP contribution in [0.4, 0.5) is 0 Å². The maximum Gasteiger partial charge on any atom is 0.336 e. The van der Waals surface area contributed by atoms with E-state index in [0.717, 1.165) is 10.9 Å². The number of benzene rings is 1. The second-order valence-electron chi connectivity index (χ2n) is 2.96. The van der Waals surface area contributed by atoms with Gasteiger partial charge in [-0.2, -0.15) is 0 Å². The monoisotopic (exact) mass is 176 g/mol. The lowest BCUT2D eigenvalue weighted by atomic mass is 10.1. The highest BCUT2D eigenvalue weighted by molar-refractivity contribution is 5.82. The summed E-state index contributed by atoms with van der Waals surface area (Å²) < 4.78 is 4.84. The number of rotatable bonds is 0. The Morgan fingerprint density at radius 1 is 1.31 bits per heavy atom. The minimum Gasteiger partial charge on any atom is -0.504 e. The van der Waals surface area contributed by atoms with Gasteiger partial charge < -0.3 is 9.52 Å². The van der Waals surface area contributed by atoms with Gasteiger partial charge in [0.15, 0.2) is 11.3 Å². The topological polar surface area (TPSA) is 50.4 Å². The minimum atomic E-state index is -0.452. The number of phenols is 1. The van der Waals surface area contributed by atoms with Crippen molar-refractivity contribution in [2.24, 2.45) is 0 Å². The zero-order valence-corrected chi connectivity index (χ0v) is 7.07. The van der Waals surface area contributed by atoms with Crippen LogP contribution in [0.1, 0.15) is 5.56 Å². The van der Waals surface area contributed by atoms with Crippen molar-refractivity contribution in [2.75, 3.05) is 0 Å². The van der Waals surface area contributed by atoms with Crippen LogP contribution in [-0.4, -0.2) is 5.11 Å². The van der Waals surface area contributed by atoms with Crippen molar-refractivity contribution in [3.63, 3.8) is 0 Å². The Kier molecular flexibility index (Phi) is 1.59. The van der Waals surface area contributed by atoms with E-state index in [0.29, 0.717) is 0 Å². The maximum absolute atomic E-state index is 10.8. The lowest BCUT2D eigenvalue weighted by Gasteiger charge is -1.99. The molecule has 1 aromatic carbocycles. The molecule has 0 aliphatic rings.